The summed E-state index contributed by atoms with van der Waals surface area (Å²) in [4.78, 5) is 43.4. The minimum atomic E-state index is -0.610. The molecule has 0 aromatic carbocycles. The first kappa shape index (κ1) is 31.4. The largest absolute Gasteiger partial charge is 0.370 e. The summed E-state index contributed by atoms with van der Waals surface area (Å²) < 4.78 is 0. The summed E-state index contributed by atoms with van der Waals surface area (Å²) in [6, 6.07) is -1.34. The standard InChI is InChI=1S/C22H40N6O3.2ClH/c1-15(2)8-9-16-12-19(28(13-16)21(31)18-7-3-4-10-25-18)20(30)27-17(14-29)6-5-11-26-22(23)24;;/h14-19,25H,3-13H2,1-2H3,(H,27,30)(H4,23,24,26);2*1H/t16-,17-,18+,19-;;/m0../s1. The molecule has 0 bridgehead atoms. The molecule has 11 heteroatoms. The number of hydrogen-bond donors (Lipinski definition) is 4. The van der Waals surface area contributed by atoms with Gasteiger partial charge in [-0.25, -0.2) is 0 Å². The van der Waals surface area contributed by atoms with Crippen molar-refractivity contribution >= 4 is 48.9 Å². The van der Waals surface area contributed by atoms with E-state index in [1.54, 1.807) is 4.90 Å². The lowest BCUT2D eigenvalue weighted by Crippen LogP contribution is -2.54. The van der Waals surface area contributed by atoms with Crippen LogP contribution in [0.5, 0.6) is 0 Å². The van der Waals surface area contributed by atoms with Crippen molar-refractivity contribution in [1.82, 2.24) is 15.5 Å². The van der Waals surface area contributed by atoms with Gasteiger partial charge in [-0.05, 0) is 56.9 Å². The predicted octanol–water partition coefficient (Wildman–Crippen LogP) is 1.36. The fourth-order valence-electron chi connectivity index (χ4n) is 4.43. The van der Waals surface area contributed by atoms with Crippen LogP contribution in [-0.2, 0) is 14.4 Å². The number of halogens is 2. The van der Waals surface area contributed by atoms with E-state index >= 15 is 0 Å². The molecular weight excluding hydrogens is 467 g/mol. The van der Waals surface area contributed by atoms with Crippen LogP contribution in [0.4, 0.5) is 0 Å². The Balaban J connectivity index is 0.00000512. The summed E-state index contributed by atoms with van der Waals surface area (Å²) >= 11 is 0. The van der Waals surface area contributed by atoms with Crippen LogP contribution in [0.3, 0.4) is 0 Å². The maximum atomic E-state index is 13.2. The van der Waals surface area contributed by atoms with Crippen LogP contribution in [0.15, 0.2) is 4.99 Å². The van der Waals surface area contributed by atoms with E-state index in [2.05, 4.69) is 29.5 Å². The Kier molecular flexibility index (Phi) is 15.3. The molecule has 0 aromatic rings. The number of amides is 2. The smallest absolute Gasteiger partial charge is 0.243 e. The molecule has 2 fully saturated rings. The summed E-state index contributed by atoms with van der Waals surface area (Å²) in [5, 5.41) is 6.14. The van der Waals surface area contributed by atoms with Gasteiger partial charge in [0.2, 0.25) is 11.8 Å². The molecule has 0 saturated carbocycles. The minimum absolute atomic E-state index is 0. The zero-order valence-corrected chi connectivity index (χ0v) is 21.5. The van der Waals surface area contributed by atoms with Gasteiger partial charge in [0.1, 0.15) is 12.3 Å². The first-order chi connectivity index (χ1) is 14.8. The molecule has 0 aromatic heterocycles. The molecule has 0 spiro atoms. The molecule has 0 radical (unpaired) electrons. The fraction of sp³-hybridized carbons (Fsp3) is 0.818. The summed E-state index contributed by atoms with van der Waals surface area (Å²) in [6.07, 6.45) is 7.40. The Bertz CT molecular complexity index is 640. The van der Waals surface area contributed by atoms with Crippen LogP contribution in [-0.4, -0.2) is 66.7 Å². The maximum absolute atomic E-state index is 13.2. The van der Waals surface area contributed by atoms with Gasteiger partial charge in [-0.2, -0.15) is 0 Å². The monoisotopic (exact) mass is 508 g/mol. The van der Waals surface area contributed by atoms with Gasteiger partial charge in [0.15, 0.2) is 5.96 Å². The molecule has 192 valence electrons. The zero-order valence-electron chi connectivity index (χ0n) is 19.8. The first-order valence-corrected chi connectivity index (χ1v) is 11.7. The second-order valence-corrected chi connectivity index (χ2v) is 9.28. The number of nitrogens with zero attached hydrogens (tertiary/aromatic N) is 2. The number of nitrogens with one attached hydrogen (secondary N) is 2. The summed E-state index contributed by atoms with van der Waals surface area (Å²) in [7, 11) is 0. The number of rotatable bonds is 11. The van der Waals surface area contributed by atoms with Gasteiger partial charge in [0, 0.05) is 13.1 Å². The van der Waals surface area contributed by atoms with Gasteiger partial charge in [0.25, 0.3) is 0 Å². The highest BCUT2D eigenvalue weighted by Crippen LogP contribution is 2.30. The lowest BCUT2D eigenvalue weighted by molar-refractivity contribution is -0.140. The number of nitrogens with two attached hydrogens (primary N) is 2. The van der Waals surface area contributed by atoms with Crippen molar-refractivity contribution in [3.8, 4) is 0 Å². The number of aliphatic imine (C=N–C) groups is 1. The molecule has 2 amide bonds. The van der Waals surface area contributed by atoms with Crippen molar-refractivity contribution in [2.45, 2.75) is 83.3 Å². The lowest BCUT2D eigenvalue weighted by Gasteiger charge is -2.31. The van der Waals surface area contributed by atoms with Crippen molar-refractivity contribution in [3.63, 3.8) is 0 Å². The van der Waals surface area contributed by atoms with Crippen LogP contribution in [0.2, 0.25) is 0 Å². The van der Waals surface area contributed by atoms with E-state index in [-0.39, 0.29) is 48.6 Å². The molecular formula is C22H42Cl2N6O3. The average molecular weight is 510 g/mol. The number of guanidine groups is 1. The van der Waals surface area contributed by atoms with Crippen molar-refractivity contribution in [2.24, 2.45) is 28.3 Å². The molecule has 2 rings (SSSR count). The lowest BCUT2D eigenvalue weighted by atomic mass is 9.95. The third-order valence-electron chi connectivity index (χ3n) is 6.19. The van der Waals surface area contributed by atoms with Crippen molar-refractivity contribution in [3.05, 3.63) is 0 Å². The van der Waals surface area contributed by atoms with E-state index in [1.165, 1.54) is 0 Å². The highest BCUT2D eigenvalue weighted by atomic mass is 35.5. The SMILES string of the molecule is CC(C)CC[C@H]1C[C@@H](C(=O)N[C@H](C=O)CCCN=C(N)N)N(C(=O)[C@H]2CCCCN2)C1.Cl.Cl. The molecule has 6 N–H and O–H groups in total. The zero-order chi connectivity index (χ0) is 22.8. The maximum Gasteiger partial charge on any atom is 0.243 e. The topological polar surface area (TPSA) is 143 Å². The Morgan fingerprint density at radius 2 is 1.94 bits per heavy atom. The molecule has 2 heterocycles. The average Bonchev–Trinajstić information content (AvgIpc) is 3.18. The summed E-state index contributed by atoms with van der Waals surface area (Å²) in [5.74, 6) is 0.678. The number of carbonyl (C=O) groups excluding carboxylic acids is 3. The normalized spacial score (nSPS) is 23.1. The highest BCUT2D eigenvalue weighted by Gasteiger charge is 2.41. The Labute approximate surface area is 210 Å². The van der Waals surface area contributed by atoms with E-state index in [1.807, 2.05) is 0 Å². The van der Waals surface area contributed by atoms with Gasteiger partial charge in [-0.15, -0.1) is 24.8 Å². The van der Waals surface area contributed by atoms with Gasteiger partial charge in [-0.3, -0.25) is 14.6 Å². The van der Waals surface area contributed by atoms with Crippen molar-refractivity contribution in [1.29, 1.82) is 0 Å². The number of carbonyl (C=O) groups is 3. The van der Waals surface area contributed by atoms with Gasteiger partial charge in [-0.1, -0.05) is 26.7 Å². The van der Waals surface area contributed by atoms with Crippen LogP contribution in [0, 0.1) is 11.8 Å². The van der Waals surface area contributed by atoms with Crippen molar-refractivity contribution in [2.75, 3.05) is 19.6 Å². The van der Waals surface area contributed by atoms with Crippen LogP contribution >= 0.6 is 24.8 Å². The highest BCUT2D eigenvalue weighted by molar-refractivity contribution is 5.91. The third-order valence-corrected chi connectivity index (χ3v) is 6.19. The molecule has 2 aliphatic heterocycles. The molecule has 4 atom stereocenters. The van der Waals surface area contributed by atoms with Crippen LogP contribution < -0.4 is 22.1 Å². The number of hydrogen-bond acceptors (Lipinski definition) is 5. The number of likely N-dealkylation sites (tertiary alicyclic amines) is 1. The fourth-order valence-corrected chi connectivity index (χ4v) is 4.43. The summed E-state index contributed by atoms with van der Waals surface area (Å²) in [5.41, 5.74) is 10.6. The van der Waals surface area contributed by atoms with Crippen molar-refractivity contribution < 1.29 is 14.4 Å². The Morgan fingerprint density at radius 3 is 2.52 bits per heavy atom. The molecule has 9 nitrogen and oxygen atoms in total. The van der Waals surface area contributed by atoms with E-state index in [0.717, 1.165) is 44.9 Å². The molecule has 2 saturated heterocycles. The van der Waals surface area contributed by atoms with E-state index in [4.69, 9.17) is 11.5 Å². The first-order valence-electron chi connectivity index (χ1n) is 11.7. The quantitative estimate of drug-likeness (QED) is 0.143. The Hall–Kier alpha value is -1.58. The molecule has 0 aliphatic carbocycles. The second-order valence-electron chi connectivity index (χ2n) is 9.28. The molecule has 33 heavy (non-hydrogen) atoms. The molecule has 0 unspecified atom stereocenters. The molecule has 2 aliphatic rings. The Morgan fingerprint density at radius 1 is 1.21 bits per heavy atom. The van der Waals surface area contributed by atoms with E-state index < -0.39 is 12.1 Å². The van der Waals surface area contributed by atoms with Gasteiger partial charge < -0.3 is 31.8 Å². The predicted molar refractivity (Wildman–Crippen MR) is 136 cm³/mol. The van der Waals surface area contributed by atoms with Gasteiger partial charge >= 0.3 is 0 Å². The van der Waals surface area contributed by atoms with Crippen LogP contribution in [0.25, 0.3) is 0 Å². The number of aldehydes is 1. The van der Waals surface area contributed by atoms with E-state index in [9.17, 15) is 14.4 Å². The second kappa shape index (κ2) is 16.1. The van der Waals surface area contributed by atoms with Crippen LogP contribution in [0.1, 0.15) is 65.2 Å². The third kappa shape index (κ3) is 10.5. The van der Waals surface area contributed by atoms with Gasteiger partial charge in [0.05, 0.1) is 12.1 Å². The minimum Gasteiger partial charge on any atom is -0.370 e. The van der Waals surface area contributed by atoms with E-state index in [0.29, 0.717) is 44.2 Å². The number of piperidine rings is 1. The summed E-state index contributed by atoms with van der Waals surface area (Å²) in [6.45, 7) is 6.22.